The van der Waals surface area contributed by atoms with Gasteiger partial charge >= 0.3 is 5.97 Å². The minimum atomic E-state index is -1.24. The molecular formula is C22H20O6. The molecule has 28 heavy (non-hydrogen) atoms. The summed E-state index contributed by atoms with van der Waals surface area (Å²) < 4.78 is 11.8. The lowest BCUT2D eigenvalue weighted by atomic mass is 9.88. The number of aromatic carboxylic acids is 1. The van der Waals surface area contributed by atoms with Crippen LogP contribution in [0.15, 0.2) is 34.9 Å². The monoisotopic (exact) mass is 380 g/mol. The maximum atomic E-state index is 11.5. The second-order valence-electron chi connectivity index (χ2n) is 7.35. The molecule has 1 aliphatic carbocycles. The summed E-state index contributed by atoms with van der Waals surface area (Å²) in [6.45, 7) is 3.79. The van der Waals surface area contributed by atoms with E-state index >= 15 is 0 Å². The van der Waals surface area contributed by atoms with Crippen LogP contribution < -0.4 is 9.47 Å². The van der Waals surface area contributed by atoms with Crippen LogP contribution in [0.3, 0.4) is 0 Å². The van der Waals surface area contributed by atoms with Crippen molar-refractivity contribution in [2.75, 3.05) is 7.11 Å². The summed E-state index contributed by atoms with van der Waals surface area (Å²) in [5, 5.41) is 20.8. The Bertz CT molecular complexity index is 1110. The van der Waals surface area contributed by atoms with Crippen molar-refractivity contribution in [3.05, 3.63) is 46.0 Å². The highest BCUT2D eigenvalue weighted by molar-refractivity contribution is 6.07. The molecule has 2 aromatic carbocycles. The molecule has 1 fully saturated rings. The van der Waals surface area contributed by atoms with Crippen LogP contribution in [0, 0.1) is 0 Å². The normalized spacial score (nSPS) is 22.0. The standard InChI is InChI=1S/C22H20O6/c1-11(10-23)12-6-7-22(2)16(12)8-14-17(28-22)5-4-13-19(14)18(27-3)9-15(20(13)24)21(25)26/h4-5,8-10,24H,6-7H2,1-3H3,(H,25,26)/b12-11+/t22-/m1/s1. The second-order valence-corrected chi connectivity index (χ2v) is 7.35. The number of carbonyl (C=O) groups is 2. The van der Waals surface area contributed by atoms with Crippen molar-refractivity contribution in [2.24, 2.45) is 0 Å². The Hall–Kier alpha value is -3.28. The molecule has 144 valence electrons. The molecular weight excluding hydrogens is 360 g/mol. The predicted octanol–water partition coefficient (Wildman–Crippen LogP) is 4.10. The molecule has 0 amide bonds. The first kappa shape index (κ1) is 18.1. The van der Waals surface area contributed by atoms with Gasteiger partial charge in [0.25, 0.3) is 0 Å². The number of rotatable bonds is 3. The number of ether oxygens (including phenoxy) is 2. The first-order valence-corrected chi connectivity index (χ1v) is 8.97. The summed E-state index contributed by atoms with van der Waals surface area (Å²) in [7, 11) is 1.45. The lowest BCUT2D eigenvalue weighted by Gasteiger charge is -2.33. The van der Waals surface area contributed by atoms with E-state index in [-0.39, 0.29) is 11.3 Å². The Balaban J connectivity index is 2.07. The van der Waals surface area contributed by atoms with Gasteiger partial charge < -0.3 is 19.7 Å². The number of phenols is 1. The van der Waals surface area contributed by atoms with Crippen LogP contribution >= 0.6 is 0 Å². The Morgan fingerprint density at radius 3 is 2.75 bits per heavy atom. The predicted molar refractivity (Wildman–Crippen MR) is 104 cm³/mol. The second kappa shape index (κ2) is 6.12. The van der Waals surface area contributed by atoms with Gasteiger partial charge in [-0.3, -0.25) is 4.79 Å². The lowest BCUT2D eigenvalue weighted by molar-refractivity contribution is -0.104. The first-order chi connectivity index (χ1) is 13.3. The van der Waals surface area contributed by atoms with Crippen LogP contribution in [0.4, 0.5) is 0 Å². The number of hydrogen-bond donors (Lipinski definition) is 2. The van der Waals surface area contributed by atoms with Crippen molar-refractivity contribution >= 4 is 29.1 Å². The molecule has 1 aliphatic heterocycles. The summed E-state index contributed by atoms with van der Waals surface area (Å²) in [6.07, 6.45) is 4.33. The van der Waals surface area contributed by atoms with Crippen LogP contribution in [0.5, 0.6) is 17.2 Å². The first-order valence-electron chi connectivity index (χ1n) is 8.97. The Labute approximate surface area is 161 Å². The molecule has 0 spiro atoms. The number of carboxylic acid groups (broad SMARTS) is 1. The van der Waals surface area contributed by atoms with E-state index in [0.717, 1.165) is 30.3 Å². The number of carboxylic acids is 1. The summed E-state index contributed by atoms with van der Waals surface area (Å²) in [5.41, 5.74) is 2.51. The van der Waals surface area contributed by atoms with Gasteiger partial charge in [0, 0.05) is 16.3 Å². The number of aldehydes is 1. The molecule has 1 saturated carbocycles. The third-order valence-corrected chi connectivity index (χ3v) is 5.71. The van der Waals surface area contributed by atoms with E-state index in [1.54, 1.807) is 19.1 Å². The molecule has 6 nitrogen and oxygen atoms in total. The molecule has 0 saturated heterocycles. The summed E-state index contributed by atoms with van der Waals surface area (Å²) in [5.74, 6) is -0.587. The van der Waals surface area contributed by atoms with Gasteiger partial charge in [-0.25, -0.2) is 4.79 Å². The molecule has 4 rings (SSSR count). The lowest BCUT2D eigenvalue weighted by Crippen LogP contribution is -2.33. The third-order valence-electron chi connectivity index (χ3n) is 5.71. The smallest absolute Gasteiger partial charge is 0.339 e. The molecule has 1 atom stereocenters. The SMILES string of the molecule is COc1cc(C(=O)O)c(O)c2ccc3c(c12)C=C1/C(=C(\C)C=O)CC[C@@]1(C)O3. The number of benzene rings is 2. The Morgan fingerprint density at radius 2 is 2.11 bits per heavy atom. The molecule has 2 aromatic rings. The van der Waals surface area contributed by atoms with E-state index in [1.165, 1.54) is 13.2 Å². The summed E-state index contributed by atoms with van der Waals surface area (Å²) in [4.78, 5) is 22.8. The van der Waals surface area contributed by atoms with Crippen molar-refractivity contribution in [3.63, 3.8) is 0 Å². The van der Waals surface area contributed by atoms with Crippen molar-refractivity contribution in [3.8, 4) is 17.2 Å². The van der Waals surface area contributed by atoms with E-state index in [9.17, 15) is 19.8 Å². The zero-order valence-electron chi connectivity index (χ0n) is 15.8. The average Bonchev–Trinajstić information content (AvgIpc) is 3.01. The van der Waals surface area contributed by atoms with Gasteiger partial charge in [-0.1, -0.05) is 0 Å². The van der Waals surface area contributed by atoms with E-state index in [1.807, 2.05) is 13.0 Å². The fourth-order valence-corrected chi connectivity index (χ4v) is 4.20. The number of methoxy groups -OCH3 is 1. The average molecular weight is 380 g/mol. The Kier molecular flexibility index (Phi) is 3.96. The number of aromatic hydroxyl groups is 1. The van der Waals surface area contributed by atoms with Gasteiger partial charge in [-0.2, -0.15) is 0 Å². The van der Waals surface area contributed by atoms with E-state index in [2.05, 4.69) is 0 Å². The maximum absolute atomic E-state index is 11.5. The van der Waals surface area contributed by atoms with Crippen molar-refractivity contribution in [1.29, 1.82) is 0 Å². The highest BCUT2D eigenvalue weighted by Gasteiger charge is 2.43. The van der Waals surface area contributed by atoms with E-state index in [4.69, 9.17) is 9.47 Å². The molecule has 0 aromatic heterocycles. The van der Waals surface area contributed by atoms with Crippen molar-refractivity contribution < 1.29 is 29.3 Å². The van der Waals surface area contributed by atoms with Crippen LogP contribution in [0.2, 0.25) is 0 Å². The van der Waals surface area contributed by atoms with Crippen molar-refractivity contribution in [2.45, 2.75) is 32.3 Å². The van der Waals surface area contributed by atoms with Crippen molar-refractivity contribution in [1.82, 2.24) is 0 Å². The van der Waals surface area contributed by atoms with Gasteiger partial charge in [0.2, 0.25) is 0 Å². The van der Waals surface area contributed by atoms with Gasteiger partial charge in [-0.15, -0.1) is 0 Å². The summed E-state index contributed by atoms with van der Waals surface area (Å²) >= 11 is 0. The maximum Gasteiger partial charge on any atom is 0.339 e. The zero-order valence-corrected chi connectivity index (χ0v) is 15.8. The van der Waals surface area contributed by atoms with Crippen LogP contribution in [0.25, 0.3) is 16.8 Å². The van der Waals surface area contributed by atoms with Gasteiger partial charge in [0.15, 0.2) is 0 Å². The molecule has 2 N–H and O–H groups in total. The van der Waals surface area contributed by atoms with Crippen LogP contribution in [0.1, 0.15) is 42.6 Å². The number of fused-ring (bicyclic) bond motifs is 4. The third kappa shape index (κ3) is 2.41. The highest BCUT2D eigenvalue weighted by Crippen LogP contribution is 2.51. The zero-order chi connectivity index (χ0) is 20.2. The molecule has 6 heteroatoms. The van der Waals surface area contributed by atoms with Gasteiger partial charge in [0.1, 0.15) is 34.7 Å². The molecule has 2 aliphatic rings. The van der Waals surface area contributed by atoms with E-state index in [0.29, 0.717) is 33.4 Å². The molecule has 0 bridgehead atoms. The largest absolute Gasteiger partial charge is 0.506 e. The molecule has 0 radical (unpaired) electrons. The fourth-order valence-electron chi connectivity index (χ4n) is 4.20. The van der Waals surface area contributed by atoms with Crippen LogP contribution in [-0.4, -0.2) is 35.2 Å². The topological polar surface area (TPSA) is 93.1 Å². The van der Waals surface area contributed by atoms with Gasteiger partial charge in [0.05, 0.1) is 7.11 Å². The number of allylic oxidation sites excluding steroid dienone is 1. The fraction of sp³-hybridized carbons (Fsp3) is 0.273. The minimum absolute atomic E-state index is 0.225. The molecule has 0 unspecified atom stereocenters. The van der Waals surface area contributed by atoms with Gasteiger partial charge in [-0.05, 0) is 67.7 Å². The molecule has 1 heterocycles. The van der Waals surface area contributed by atoms with E-state index < -0.39 is 11.6 Å². The quantitative estimate of drug-likeness (QED) is 0.615. The number of hydrogen-bond acceptors (Lipinski definition) is 5. The van der Waals surface area contributed by atoms with Crippen LogP contribution in [-0.2, 0) is 4.79 Å². The number of carbonyl (C=O) groups excluding carboxylic acids is 1. The minimum Gasteiger partial charge on any atom is -0.506 e. The Morgan fingerprint density at radius 1 is 1.36 bits per heavy atom. The highest BCUT2D eigenvalue weighted by atomic mass is 16.5. The summed E-state index contributed by atoms with van der Waals surface area (Å²) in [6, 6.07) is 4.69.